The molecule has 1 aromatic carbocycles. The van der Waals surface area contributed by atoms with Gasteiger partial charge in [-0.1, -0.05) is 19.9 Å². The van der Waals surface area contributed by atoms with Crippen molar-refractivity contribution in [3.05, 3.63) is 24.3 Å². The lowest BCUT2D eigenvalue weighted by molar-refractivity contribution is -0.124. The lowest BCUT2D eigenvalue weighted by atomic mass is 9.77. The fourth-order valence-electron chi connectivity index (χ4n) is 2.92. The summed E-state index contributed by atoms with van der Waals surface area (Å²) in [5, 5.41) is 13.0. The first-order chi connectivity index (χ1) is 9.45. The zero-order chi connectivity index (χ0) is 14.8. The Morgan fingerprint density at radius 2 is 2.25 bits per heavy atom. The van der Waals surface area contributed by atoms with Crippen LogP contribution in [-0.2, 0) is 4.79 Å². The highest BCUT2D eigenvalue weighted by Gasteiger charge is 2.39. The monoisotopic (exact) mass is 276 g/mol. The molecule has 0 aromatic heterocycles. The lowest BCUT2D eigenvalue weighted by Crippen LogP contribution is -2.56. The van der Waals surface area contributed by atoms with Crippen LogP contribution in [0.4, 0.5) is 5.69 Å². The van der Waals surface area contributed by atoms with E-state index in [0.717, 1.165) is 25.1 Å². The number of hydrogen-bond acceptors (Lipinski definition) is 3. The molecule has 1 fully saturated rings. The predicted octanol–water partition coefficient (Wildman–Crippen LogP) is 2.52. The van der Waals surface area contributed by atoms with Gasteiger partial charge in [0.15, 0.2) is 0 Å². The molecule has 0 radical (unpaired) electrons. The highest BCUT2D eigenvalue weighted by molar-refractivity contribution is 5.97. The van der Waals surface area contributed by atoms with Crippen LogP contribution in [0, 0.1) is 5.41 Å². The third-order valence-corrected chi connectivity index (χ3v) is 4.10. The third-order valence-electron chi connectivity index (χ3n) is 4.10. The first-order valence-corrected chi connectivity index (χ1v) is 7.29. The quantitative estimate of drug-likeness (QED) is 0.892. The van der Waals surface area contributed by atoms with Crippen molar-refractivity contribution in [2.75, 3.05) is 18.0 Å². The van der Waals surface area contributed by atoms with Crippen LogP contribution in [0.5, 0.6) is 5.75 Å². The molecule has 0 spiro atoms. The molecule has 0 bridgehead atoms. The summed E-state index contributed by atoms with van der Waals surface area (Å²) in [6.45, 7) is 7.71. The summed E-state index contributed by atoms with van der Waals surface area (Å²) in [6, 6.07) is 6.71. The molecule has 1 saturated heterocycles. The molecule has 1 atom stereocenters. The molecule has 1 amide bonds. The minimum Gasteiger partial charge on any atom is -0.508 e. The van der Waals surface area contributed by atoms with Gasteiger partial charge in [-0.2, -0.15) is 0 Å². The van der Waals surface area contributed by atoms with Gasteiger partial charge in [0.05, 0.1) is 6.04 Å². The Hall–Kier alpha value is -1.55. The van der Waals surface area contributed by atoms with Crippen molar-refractivity contribution in [2.24, 2.45) is 5.41 Å². The van der Waals surface area contributed by atoms with Gasteiger partial charge in [0.1, 0.15) is 5.75 Å². The van der Waals surface area contributed by atoms with Crippen LogP contribution in [0.2, 0.25) is 0 Å². The van der Waals surface area contributed by atoms with Gasteiger partial charge in [-0.3, -0.25) is 4.79 Å². The molecule has 2 N–H and O–H groups in total. The van der Waals surface area contributed by atoms with Gasteiger partial charge in [-0.25, -0.2) is 0 Å². The molecular formula is C16H24N2O2. The second-order valence-electron chi connectivity index (χ2n) is 6.08. The summed E-state index contributed by atoms with van der Waals surface area (Å²) in [6.07, 6.45) is 2.16. The molecule has 1 aromatic rings. The number of nitrogens with one attached hydrogen (secondary N) is 1. The van der Waals surface area contributed by atoms with E-state index in [2.05, 4.69) is 19.2 Å². The van der Waals surface area contributed by atoms with E-state index in [-0.39, 0.29) is 23.1 Å². The Balaban J connectivity index is 2.25. The summed E-state index contributed by atoms with van der Waals surface area (Å²) in [4.78, 5) is 14.6. The summed E-state index contributed by atoms with van der Waals surface area (Å²) >= 11 is 0. The number of nitrogens with zero attached hydrogens (tertiary/aromatic N) is 1. The first kappa shape index (κ1) is 14.9. The van der Waals surface area contributed by atoms with E-state index in [1.807, 2.05) is 13.0 Å². The van der Waals surface area contributed by atoms with Crippen LogP contribution >= 0.6 is 0 Å². The molecule has 1 heterocycles. The molecule has 1 aliphatic heterocycles. The van der Waals surface area contributed by atoms with Gasteiger partial charge >= 0.3 is 0 Å². The molecule has 1 aliphatic rings. The van der Waals surface area contributed by atoms with Gasteiger partial charge in [-0.15, -0.1) is 0 Å². The van der Waals surface area contributed by atoms with Crippen LogP contribution in [0.1, 0.15) is 33.6 Å². The SMILES string of the molecule is CCN(C(=O)C1NCCCC1(C)C)c1cccc(O)c1. The van der Waals surface area contributed by atoms with Gasteiger partial charge in [0.25, 0.3) is 0 Å². The maximum atomic E-state index is 12.8. The van der Waals surface area contributed by atoms with E-state index in [4.69, 9.17) is 0 Å². The maximum absolute atomic E-state index is 12.8. The molecule has 4 nitrogen and oxygen atoms in total. The number of carbonyl (C=O) groups is 1. The van der Waals surface area contributed by atoms with Gasteiger partial charge in [-0.05, 0) is 43.9 Å². The van der Waals surface area contributed by atoms with E-state index < -0.39 is 0 Å². The molecule has 1 unspecified atom stereocenters. The molecule has 110 valence electrons. The lowest BCUT2D eigenvalue weighted by Gasteiger charge is -2.40. The molecule has 20 heavy (non-hydrogen) atoms. The number of anilines is 1. The smallest absolute Gasteiger partial charge is 0.244 e. The van der Waals surface area contributed by atoms with Crippen molar-refractivity contribution < 1.29 is 9.90 Å². The van der Waals surface area contributed by atoms with Crippen LogP contribution in [-0.4, -0.2) is 30.1 Å². The van der Waals surface area contributed by atoms with Crippen molar-refractivity contribution in [1.82, 2.24) is 5.32 Å². The van der Waals surface area contributed by atoms with Crippen molar-refractivity contribution >= 4 is 11.6 Å². The summed E-state index contributed by atoms with van der Waals surface area (Å²) < 4.78 is 0. The predicted molar refractivity (Wildman–Crippen MR) is 80.9 cm³/mol. The van der Waals surface area contributed by atoms with Gasteiger partial charge in [0, 0.05) is 18.3 Å². The Morgan fingerprint density at radius 1 is 1.50 bits per heavy atom. The average Bonchev–Trinajstić information content (AvgIpc) is 2.39. The second kappa shape index (κ2) is 5.83. The molecule has 2 rings (SSSR count). The zero-order valence-electron chi connectivity index (χ0n) is 12.5. The third kappa shape index (κ3) is 2.96. The summed E-state index contributed by atoms with van der Waals surface area (Å²) in [5.74, 6) is 0.271. The number of amides is 1. The summed E-state index contributed by atoms with van der Waals surface area (Å²) in [5.41, 5.74) is 0.709. The molecule has 0 aliphatic carbocycles. The van der Waals surface area contributed by atoms with Crippen LogP contribution in [0.3, 0.4) is 0 Å². The van der Waals surface area contributed by atoms with E-state index >= 15 is 0 Å². The number of hydrogen-bond donors (Lipinski definition) is 2. The number of aromatic hydroxyl groups is 1. The number of piperidine rings is 1. The van der Waals surface area contributed by atoms with Crippen molar-refractivity contribution in [3.63, 3.8) is 0 Å². The maximum Gasteiger partial charge on any atom is 0.244 e. The number of likely N-dealkylation sites (N-methyl/N-ethyl adjacent to an activating group) is 1. The minimum absolute atomic E-state index is 0.0421. The number of carbonyl (C=O) groups excluding carboxylic acids is 1. The van der Waals surface area contributed by atoms with Gasteiger partial charge in [0.2, 0.25) is 5.91 Å². The normalized spacial score (nSPS) is 21.4. The second-order valence-corrected chi connectivity index (χ2v) is 6.08. The zero-order valence-corrected chi connectivity index (χ0v) is 12.5. The Bertz CT molecular complexity index is 485. The first-order valence-electron chi connectivity index (χ1n) is 7.29. The fourth-order valence-corrected chi connectivity index (χ4v) is 2.92. The summed E-state index contributed by atoms with van der Waals surface area (Å²) in [7, 11) is 0. The number of rotatable bonds is 3. The minimum atomic E-state index is -0.168. The van der Waals surface area contributed by atoms with Crippen LogP contribution in [0.15, 0.2) is 24.3 Å². The number of benzene rings is 1. The van der Waals surface area contributed by atoms with Gasteiger partial charge < -0.3 is 15.3 Å². The highest BCUT2D eigenvalue weighted by atomic mass is 16.3. The van der Waals surface area contributed by atoms with Crippen molar-refractivity contribution in [1.29, 1.82) is 0 Å². The van der Waals surface area contributed by atoms with E-state index in [0.29, 0.717) is 6.54 Å². The van der Waals surface area contributed by atoms with Crippen molar-refractivity contribution in [2.45, 2.75) is 39.7 Å². The fraction of sp³-hybridized carbons (Fsp3) is 0.562. The Morgan fingerprint density at radius 3 is 2.85 bits per heavy atom. The van der Waals surface area contributed by atoms with Crippen molar-refractivity contribution in [3.8, 4) is 5.75 Å². The molecular weight excluding hydrogens is 252 g/mol. The largest absolute Gasteiger partial charge is 0.508 e. The average molecular weight is 276 g/mol. The van der Waals surface area contributed by atoms with E-state index in [9.17, 15) is 9.90 Å². The molecule has 4 heteroatoms. The van der Waals surface area contributed by atoms with E-state index in [1.165, 1.54) is 0 Å². The standard InChI is InChI=1S/C16H24N2O2/c1-4-18(12-7-5-8-13(19)11-12)15(20)14-16(2,3)9-6-10-17-14/h5,7-8,11,14,17,19H,4,6,9-10H2,1-3H3. The highest BCUT2D eigenvalue weighted by Crippen LogP contribution is 2.32. The Kier molecular flexibility index (Phi) is 4.33. The topological polar surface area (TPSA) is 52.6 Å². The van der Waals surface area contributed by atoms with E-state index in [1.54, 1.807) is 23.1 Å². The molecule has 0 saturated carbocycles. The number of phenolic OH excluding ortho intramolecular Hbond substituents is 1. The number of phenols is 1. The van der Waals surface area contributed by atoms with Crippen LogP contribution in [0.25, 0.3) is 0 Å². The Labute approximate surface area is 120 Å². The van der Waals surface area contributed by atoms with Crippen LogP contribution < -0.4 is 10.2 Å².